The maximum absolute atomic E-state index is 12.0. The molecular formula is C17H28N3O3+. The predicted octanol–water partition coefficient (Wildman–Crippen LogP) is -0.259. The van der Waals surface area contributed by atoms with Gasteiger partial charge in [-0.3, -0.25) is 9.59 Å². The Morgan fingerprint density at radius 3 is 2.35 bits per heavy atom. The summed E-state index contributed by atoms with van der Waals surface area (Å²) >= 11 is 0. The zero-order valence-corrected chi connectivity index (χ0v) is 14.7. The molecule has 1 rings (SSSR count). The van der Waals surface area contributed by atoms with E-state index in [-0.39, 0.29) is 30.4 Å². The van der Waals surface area contributed by atoms with Crippen molar-refractivity contribution in [2.45, 2.75) is 32.9 Å². The van der Waals surface area contributed by atoms with Gasteiger partial charge in [0.05, 0.1) is 14.2 Å². The van der Waals surface area contributed by atoms with Gasteiger partial charge >= 0.3 is 0 Å². The van der Waals surface area contributed by atoms with E-state index >= 15 is 0 Å². The van der Waals surface area contributed by atoms with E-state index in [2.05, 4.69) is 10.6 Å². The molecule has 1 unspecified atom stereocenters. The van der Waals surface area contributed by atoms with E-state index in [1.807, 2.05) is 52.1 Å². The first-order valence-electron chi connectivity index (χ1n) is 7.72. The molecule has 1 aromatic rings. The van der Waals surface area contributed by atoms with Crippen molar-refractivity contribution >= 4 is 11.8 Å². The fraction of sp³-hybridized carbons (Fsp3) is 0.529. The molecule has 0 saturated heterocycles. The van der Waals surface area contributed by atoms with Gasteiger partial charge in [0.1, 0.15) is 5.75 Å². The van der Waals surface area contributed by atoms with Crippen LogP contribution in [-0.2, 0) is 16.1 Å². The molecule has 0 fully saturated rings. The largest absolute Gasteiger partial charge is 0.496 e. The van der Waals surface area contributed by atoms with E-state index in [0.29, 0.717) is 6.54 Å². The van der Waals surface area contributed by atoms with E-state index in [4.69, 9.17) is 4.74 Å². The quantitative estimate of drug-likeness (QED) is 0.648. The van der Waals surface area contributed by atoms with Crippen molar-refractivity contribution in [3.63, 3.8) is 0 Å². The Kier molecular flexibility index (Phi) is 7.03. The molecule has 2 amide bonds. The molecule has 0 heterocycles. The molecule has 0 aromatic heterocycles. The number of hydrogen-bond acceptors (Lipinski definition) is 3. The van der Waals surface area contributed by atoms with Crippen LogP contribution in [0.15, 0.2) is 24.3 Å². The molecule has 6 heteroatoms. The van der Waals surface area contributed by atoms with Crippen molar-refractivity contribution in [3.8, 4) is 5.75 Å². The maximum atomic E-state index is 12.0. The summed E-state index contributed by atoms with van der Waals surface area (Å²) in [5.41, 5.74) is 0.662. The Morgan fingerprint density at radius 1 is 1.13 bits per heavy atom. The van der Waals surface area contributed by atoms with E-state index in [1.165, 1.54) is 0 Å². The first kappa shape index (κ1) is 19.0. The number of likely N-dealkylation sites (N-methyl/N-ethyl adjacent to an activating group) is 1. The van der Waals surface area contributed by atoms with Crippen LogP contribution in [0.2, 0.25) is 0 Å². The highest BCUT2D eigenvalue weighted by Crippen LogP contribution is 2.16. The lowest BCUT2D eigenvalue weighted by Gasteiger charge is -2.21. The standard InChI is InChI=1S/C17H27N3O3/c1-17(2,3)19-16(22)12-20(4)11-15(21)18-10-13-8-6-7-9-14(13)23-5/h6-9H,10-12H2,1-5H3,(H,18,21)(H,19,22)/p+1. The zero-order valence-electron chi connectivity index (χ0n) is 14.7. The average molecular weight is 322 g/mol. The molecule has 0 saturated carbocycles. The van der Waals surface area contributed by atoms with Crippen LogP contribution in [0.3, 0.4) is 0 Å². The van der Waals surface area contributed by atoms with Gasteiger partial charge < -0.3 is 20.3 Å². The second-order valence-electron chi connectivity index (χ2n) is 6.70. The van der Waals surface area contributed by atoms with Crippen LogP contribution < -0.4 is 20.3 Å². The minimum atomic E-state index is -0.260. The van der Waals surface area contributed by atoms with Gasteiger partial charge in [0, 0.05) is 17.6 Å². The highest BCUT2D eigenvalue weighted by molar-refractivity contribution is 5.79. The number of rotatable bonds is 7. The summed E-state index contributed by atoms with van der Waals surface area (Å²) in [6.45, 7) is 6.71. The molecule has 6 nitrogen and oxygen atoms in total. The molecule has 128 valence electrons. The second-order valence-corrected chi connectivity index (χ2v) is 6.70. The summed E-state index contributed by atoms with van der Waals surface area (Å²) in [4.78, 5) is 24.7. The van der Waals surface area contributed by atoms with Crippen LogP contribution >= 0.6 is 0 Å². The molecule has 0 radical (unpaired) electrons. The summed E-state index contributed by atoms with van der Waals surface area (Å²) in [6.07, 6.45) is 0. The van der Waals surface area contributed by atoms with Gasteiger partial charge in [-0.2, -0.15) is 0 Å². The number of carbonyl (C=O) groups excluding carboxylic acids is 2. The topological polar surface area (TPSA) is 71.9 Å². The van der Waals surface area contributed by atoms with Crippen LogP contribution in [0.1, 0.15) is 26.3 Å². The fourth-order valence-corrected chi connectivity index (χ4v) is 2.18. The van der Waals surface area contributed by atoms with Crippen LogP contribution in [0, 0.1) is 0 Å². The minimum Gasteiger partial charge on any atom is -0.496 e. The highest BCUT2D eigenvalue weighted by Gasteiger charge is 2.18. The number of nitrogens with one attached hydrogen (secondary N) is 3. The Balaban J connectivity index is 2.40. The van der Waals surface area contributed by atoms with Crippen molar-refractivity contribution < 1.29 is 19.2 Å². The molecule has 0 aliphatic heterocycles. The number of methoxy groups -OCH3 is 1. The number of hydrogen-bond donors (Lipinski definition) is 3. The average Bonchev–Trinajstić information content (AvgIpc) is 2.42. The van der Waals surface area contributed by atoms with Crippen molar-refractivity contribution in [1.82, 2.24) is 10.6 Å². The number of quaternary nitrogens is 1. The summed E-state index contributed by atoms with van der Waals surface area (Å²) in [5, 5.41) is 5.74. The summed E-state index contributed by atoms with van der Waals surface area (Å²) < 4.78 is 5.25. The van der Waals surface area contributed by atoms with Crippen molar-refractivity contribution in [3.05, 3.63) is 29.8 Å². The summed E-state index contributed by atoms with van der Waals surface area (Å²) in [7, 11) is 3.43. The van der Waals surface area contributed by atoms with Gasteiger partial charge in [0.2, 0.25) is 0 Å². The molecule has 1 atom stereocenters. The van der Waals surface area contributed by atoms with E-state index in [0.717, 1.165) is 16.2 Å². The smallest absolute Gasteiger partial charge is 0.275 e. The van der Waals surface area contributed by atoms with Crippen LogP contribution in [-0.4, -0.2) is 44.6 Å². The lowest BCUT2D eigenvalue weighted by Crippen LogP contribution is -3.11. The molecule has 0 spiro atoms. The van der Waals surface area contributed by atoms with Crippen molar-refractivity contribution in [2.75, 3.05) is 27.2 Å². The third-order valence-electron chi connectivity index (χ3n) is 3.11. The lowest BCUT2D eigenvalue weighted by molar-refractivity contribution is -0.862. The Bertz CT molecular complexity index is 538. The van der Waals surface area contributed by atoms with Gasteiger partial charge in [0.15, 0.2) is 13.1 Å². The van der Waals surface area contributed by atoms with E-state index in [9.17, 15) is 9.59 Å². The predicted molar refractivity (Wildman–Crippen MR) is 89.4 cm³/mol. The molecular weight excluding hydrogens is 294 g/mol. The Labute approximate surface area is 138 Å². The summed E-state index contributed by atoms with van der Waals surface area (Å²) in [6, 6.07) is 7.55. The zero-order chi connectivity index (χ0) is 17.5. The maximum Gasteiger partial charge on any atom is 0.275 e. The molecule has 0 bridgehead atoms. The highest BCUT2D eigenvalue weighted by atomic mass is 16.5. The van der Waals surface area contributed by atoms with Gasteiger partial charge in [-0.05, 0) is 26.8 Å². The van der Waals surface area contributed by atoms with Crippen LogP contribution in [0.25, 0.3) is 0 Å². The molecule has 1 aromatic carbocycles. The first-order chi connectivity index (χ1) is 10.7. The van der Waals surface area contributed by atoms with Crippen molar-refractivity contribution in [1.29, 1.82) is 0 Å². The third kappa shape index (κ3) is 7.65. The first-order valence-corrected chi connectivity index (χ1v) is 7.72. The van der Waals surface area contributed by atoms with Gasteiger partial charge in [0.25, 0.3) is 11.8 Å². The number of amides is 2. The third-order valence-corrected chi connectivity index (χ3v) is 3.11. The van der Waals surface area contributed by atoms with Gasteiger partial charge in [-0.15, -0.1) is 0 Å². The lowest BCUT2D eigenvalue weighted by atomic mass is 10.1. The van der Waals surface area contributed by atoms with E-state index < -0.39 is 0 Å². The monoisotopic (exact) mass is 322 g/mol. The SMILES string of the molecule is COc1ccccc1CNC(=O)C[NH+](C)CC(=O)NC(C)(C)C. The van der Waals surface area contributed by atoms with Crippen molar-refractivity contribution in [2.24, 2.45) is 0 Å². The van der Waals surface area contributed by atoms with Gasteiger partial charge in [-0.25, -0.2) is 0 Å². The normalized spacial score (nSPS) is 12.4. The minimum absolute atomic E-state index is 0.0625. The van der Waals surface area contributed by atoms with E-state index in [1.54, 1.807) is 7.11 Å². The molecule has 23 heavy (non-hydrogen) atoms. The van der Waals surface area contributed by atoms with Crippen LogP contribution in [0.4, 0.5) is 0 Å². The molecule has 0 aliphatic carbocycles. The number of ether oxygens (including phenoxy) is 1. The van der Waals surface area contributed by atoms with Gasteiger partial charge in [-0.1, -0.05) is 18.2 Å². The second kappa shape index (κ2) is 8.53. The molecule has 0 aliphatic rings. The number of para-hydroxylation sites is 1. The van der Waals surface area contributed by atoms with Crippen LogP contribution in [0.5, 0.6) is 5.75 Å². The molecule has 3 N–H and O–H groups in total. The number of carbonyl (C=O) groups is 2. The summed E-state index contributed by atoms with van der Waals surface area (Å²) in [5.74, 6) is 0.586. The Morgan fingerprint density at radius 2 is 1.74 bits per heavy atom. The number of benzene rings is 1. The fourth-order valence-electron chi connectivity index (χ4n) is 2.18. The Hall–Kier alpha value is -2.08.